The van der Waals surface area contributed by atoms with Crippen LogP contribution in [-0.2, 0) is 0 Å². The number of carbonyl (C=O) groups is 1. The van der Waals surface area contributed by atoms with E-state index in [1.165, 1.54) is 0 Å². The molecule has 1 heterocycles. The lowest BCUT2D eigenvalue weighted by atomic mass is 10.1. The maximum atomic E-state index is 12.5. The summed E-state index contributed by atoms with van der Waals surface area (Å²) < 4.78 is 0. The molecule has 0 saturated heterocycles. The number of pyridine rings is 1. The Morgan fingerprint density at radius 2 is 1.59 bits per heavy atom. The summed E-state index contributed by atoms with van der Waals surface area (Å²) in [7, 11) is 0. The Labute approximate surface area is 191 Å². The SMILES string of the molecule is CCN(CC)CCCNC(=O)c1cccc(Nc2cccc(C=Cc3ccncc3)c2)c1. The first-order valence-electron chi connectivity index (χ1n) is 11.2. The van der Waals surface area contributed by atoms with Crippen LogP contribution >= 0.6 is 0 Å². The largest absolute Gasteiger partial charge is 0.355 e. The second kappa shape index (κ2) is 12.4. The molecular formula is C27H32N4O. The van der Waals surface area contributed by atoms with Gasteiger partial charge in [0.2, 0.25) is 0 Å². The second-order valence-corrected chi connectivity index (χ2v) is 7.58. The minimum absolute atomic E-state index is 0.0396. The first kappa shape index (κ1) is 23.2. The fraction of sp³-hybridized carbons (Fsp3) is 0.259. The fourth-order valence-corrected chi connectivity index (χ4v) is 3.44. The molecule has 1 aromatic heterocycles. The van der Waals surface area contributed by atoms with Gasteiger partial charge in [0.05, 0.1) is 0 Å². The van der Waals surface area contributed by atoms with Crippen LogP contribution in [0.3, 0.4) is 0 Å². The summed E-state index contributed by atoms with van der Waals surface area (Å²) in [6, 6.07) is 19.7. The van der Waals surface area contributed by atoms with Gasteiger partial charge in [-0.15, -0.1) is 0 Å². The number of rotatable bonds is 11. The van der Waals surface area contributed by atoms with Crippen LogP contribution in [0.1, 0.15) is 41.8 Å². The summed E-state index contributed by atoms with van der Waals surface area (Å²) in [6.45, 7) is 8.08. The lowest BCUT2D eigenvalue weighted by Gasteiger charge is -2.17. The number of hydrogen-bond donors (Lipinski definition) is 2. The van der Waals surface area contributed by atoms with E-state index in [0.717, 1.165) is 48.6 Å². The summed E-state index contributed by atoms with van der Waals surface area (Å²) >= 11 is 0. The molecule has 166 valence electrons. The topological polar surface area (TPSA) is 57.3 Å². The van der Waals surface area contributed by atoms with Gasteiger partial charge in [-0.25, -0.2) is 0 Å². The van der Waals surface area contributed by atoms with E-state index in [9.17, 15) is 4.79 Å². The molecule has 0 aliphatic rings. The quantitative estimate of drug-likeness (QED) is 0.398. The van der Waals surface area contributed by atoms with Crippen LogP contribution in [0, 0.1) is 0 Å². The predicted octanol–water partition coefficient (Wildman–Crippen LogP) is 5.46. The van der Waals surface area contributed by atoms with Crippen LogP contribution in [0.2, 0.25) is 0 Å². The highest BCUT2D eigenvalue weighted by molar-refractivity contribution is 5.95. The van der Waals surface area contributed by atoms with Crippen molar-refractivity contribution in [2.75, 3.05) is 31.5 Å². The van der Waals surface area contributed by atoms with E-state index in [2.05, 4.69) is 58.6 Å². The molecule has 0 atom stereocenters. The Morgan fingerprint density at radius 3 is 2.34 bits per heavy atom. The highest BCUT2D eigenvalue weighted by atomic mass is 16.1. The summed E-state index contributed by atoms with van der Waals surface area (Å²) in [5.41, 5.74) is 4.71. The fourth-order valence-electron chi connectivity index (χ4n) is 3.44. The molecule has 32 heavy (non-hydrogen) atoms. The van der Waals surface area contributed by atoms with E-state index in [1.807, 2.05) is 48.5 Å². The van der Waals surface area contributed by atoms with Crippen molar-refractivity contribution in [2.45, 2.75) is 20.3 Å². The van der Waals surface area contributed by atoms with Gasteiger partial charge in [-0.3, -0.25) is 9.78 Å². The Balaban J connectivity index is 1.57. The minimum atomic E-state index is -0.0396. The van der Waals surface area contributed by atoms with Crippen molar-refractivity contribution in [3.05, 3.63) is 89.7 Å². The molecule has 0 unspecified atom stereocenters. The number of anilines is 2. The van der Waals surface area contributed by atoms with Crippen molar-refractivity contribution in [1.82, 2.24) is 15.2 Å². The number of benzene rings is 2. The first-order valence-corrected chi connectivity index (χ1v) is 11.2. The van der Waals surface area contributed by atoms with E-state index in [-0.39, 0.29) is 5.91 Å². The Kier molecular flexibility index (Phi) is 9.02. The van der Waals surface area contributed by atoms with E-state index >= 15 is 0 Å². The predicted molar refractivity (Wildman–Crippen MR) is 134 cm³/mol. The van der Waals surface area contributed by atoms with E-state index in [4.69, 9.17) is 0 Å². The summed E-state index contributed by atoms with van der Waals surface area (Å²) in [5.74, 6) is -0.0396. The third-order valence-corrected chi connectivity index (χ3v) is 5.31. The van der Waals surface area contributed by atoms with Gasteiger partial charge in [-0.05, 0) is 79.6 Å². The third kappa shape index (κ3) is 7.36. The standard InChI is InChI=1S/C27H32N4O/c1-3-31(4-2)19-7-16-29-27(32)24-9-6-11-26(21-24)30-25-10-5-8-23(20-25)13-12-22-14-17-28-18-15-22/h5-6,8-15,17-18,20-21,30H,3-4,7,16,19H2,1-2H3,(H,29,32). The summed E-state index contributed by atoms with van der Waals surface area (Å²) in [4.78, 5) is 18.9. The monoisotopic (exact) mass is 428 g/mol. The molecular weight excluding hydrogens is 396 g/mol. The molecule has 0 aliphatic heterocycles. The van der Waals surface area contributed by atoms with Gasteiger partial charge < -0.3 is 15.5 Å². The van der Waals surface area contributed by atoms with Crippen molar-refractivity contribution in [2.24, 2.45) is 0 Å². The van der Waals surface area contributed by atoms with Crippen LogP contribution in [-0.4, -0.2) is 42.0 Å². The van der Waals surface area contributed by atoms with Gasteiger partial charge in [0.1, 0.15) is 0 Å². The van der Waals surface area contributed by atoms with Crippen LogP contribution in [0.15, 0.2) is 73.1 Å². The number of aromatic nitrogens is 1. The Morgan fingerprint density at radius 1 is 0.906 bits per heavy atom. The maximum absolute atomic E-state index is 12.5. The molecule has 2 N–H and O–H groups in total. The zero-order chi connectivity index (χ0) is 22.6. The van der Waals surface area contributed by atoms with Gasteiger partial charge in [-0.1, -0.05) is 44.2 Å². The number of carbonyl (C=O) groups excluding carboxylic acids is 1. The molecule has 1 amide bonds. The van der Waals surface area contributed by atoms with Crippen molar-refractivity contribution < 1.29 is 4.79 Å². The smallest absolute Gasteiger partial charge is 0.251 e. The normalized spacial score (nSPS) is 11.1. The summed E-state index contributed by atoms with van der Waals surface area (Å²) in [6.07, 6.45) is 8.65. The Hall–Kier alpha value is -3.44. The van der Waals surface area contributed by atoms with E-state index in [1.54, 1.807) is 12.4 Å². The molecule has 0 fully saturated rings. The van der Waals surface area contributed by atoms with Gasteiger partial charge in [0, 0.05) is 35.9 Å². The van der Waals surface area contributed by atoms with Crippen molar-refractivity contribution in [3.63, 3.8) is 0 Å². The van der Waals surface area contributed by atoms with Crippen LogP contribution in [0.25, 0.3) is 12.2 Å². The van der Waals surface area contributed by atoms with Crippen molar-refractivity contribution in [1.29, 1.82) is 0 Å². The highest BCUT2D eigenvalue weighted by Gasteiger charge is 2.07. The molecule has 3 rings (SSSR count). The second-order valence-electron chi connectivity index (χ2n) is 7.58. The zero-order valence-electron chi connectivity index (χ0n) is 18.9. The van der Waals surface area contributed by atoms with Gasteiger partial charge in [0.15, 0.2) is 0 Å². The average molecular weight is 429 g/mol. The lowest BCUT2D eigenvalue weighted by molar-refractivity contribution is 0.0952. The number of nitrogens with one attached hydrogen (secondary N) is 2. The van der Waals surface area contributed by atoms with Crippen LogP contribution in [0.5, 0.6) is 0 Å². The average Bonchev–Trinajstić information content (AvgIpc) is 2.84. The highest BCUT2D eigenvalue weighted by Crippen LogP contribution is 2.20. The molecule has 0 saturated carbocycles. The zero-order valence-corrected chi connectivity index (χ0v) is 18.9. The van der Waals surface area contributed by atoms with E-state index in [0.29, 0.717) is 12.1 Å². The molecule has 0 bridgehead atoms. The van der Waals surface area contributed by atoms with Crippen LogP contribution in [0.4, 0.5) is 11.4 Å². The van der Waals surface area contributed by atoms with Crippen molar-refractivity contribution >= 4 is 29.4 Å². The molecule has 0 spiro atoms. The molecule has 5 nitrogen and oxygen atoms in total. The van der Waals surface area contributed by atoms with Crippen LogP contribution < -0.4 is 10.6 Å². The summed E-state index contributed by atoms with van der Waals surface area (Å²) in [5, 5.41) is 6.43. The number of hydrogen-bond acceptors (Lipinski definition) is 4. The first-order chi connectivity index (χ1) is 15.7. The molecule has 0 radical (unpaired) electrons. The molecule has 3 aromatic rings. The van der Waals surface area contributed by atoms with Gasteiger partial charge in [0.25, 0.3) is 5.91 Å². The molecule has 0 aliphatic carbocycles. The Bertz CT molecular complexity index is 1010. The van der Waals surface area contributed by atoms with E-state index < -0.39 is 0 Å². The number of amides is 1. The minimum Gasteiger partial charge on any atom is -0.355 e. The third-order valence-electron chi connectivity index (χ3n) is 5.31. The molecule has 2 aromatic carbocycles. The molecule has 5 heteroatoms. The number of nitrogens with zero attached hydrogens (tertiary/aromatic N) is 2. The maximum Gasteiger partial charge on any atom is 0.251 e. The van der Waals surface area contributed by atoms with Gasteiger partial charge >= 0.3 is 0 Å². The van der Waals surface area contributed by atoms with Crippen molar-refractivity contribution in [3.8, 4) is 0 Å². The lowest BCUT2D eigenvalue weighted by Crippen LogP contribution is -2.29. The van der Waals surface area contributed by atoms with Gasteiger partial charge in [-0.2, -0.15) is 0 Å².